The van der Waals surface area contributed by atoms with Gasteiger partial charge >= 0.3 is 6.03 Å². The summed E-state index contributed by atoms with van der Waals surface area (Å²) in [6.45, 7) is 6.27. The first-order valence-corrected chi connectivity index (χ1v) is 15.3. The molecule has 0 bridgehead atoms. The fourth-order valence-electron chi connectivity index (χ4n) is 4.24. The first-order valence-electron chi connectivity index (χ1n) is 14.1. The van der Waals surface area contributed by atoms with Crippen LogP contribution in [-0.4, -0.2) is 50.2 Å². The standard InChI is InChI=1S/C32H31BrClN3O8/c1-4-13-44-25-12-11-22(17-26(25)42-5-2)37-31(40)23(30(39)36-32(37)41)14-19-15-24(33)29(27(16-19)43-6-3)45-18-28(38)35-21-9-7-20(34)8-10-21/h7-12,14-17H,4-6,13,18H2,1-3H3,(H,35,38)(H,36,39,41)/b23-14+. The lowest BCUT2D eigenvalue weighted by Gasteiger charge is -2.27. The minimum absolute atomic E-state index is 0.194. The highest BCUT2D eigenvalue weighted by Gasteiger charge is 2.37. The van der Waals surface area contributed by atoms with Crippen molar-refractivity contribution in [2.45, 2.75) is 27.2 Å². The summed E-state index contributed by atoms with van der Waals surface area (Å²) in [5.41, 5.74) is 0.857. The van der Waals surface area contributed by atoms with Crippen LogP contribution in [0.1, 0.15) is 32.8 Å². The Bertz CT molecular complexity index is 1630. The third kappa shape index (κ3) is 8.34. The second kappa shape index (κ2) is 15.4. The maximum atomic E-state index is 13.6. The number of anilines is 2. The van der Waals surface area contributed by atoms with Crippen LogP contribution in [0.3, 0.4) is 0 Å². The van der Waals surface area contributed by atoms with Crippen molar-refractivity contribution in [3.05, 3.63) is 75.2 Å². The van der Waals surface area contributed by atoms with Crippen LogP contribution >= 0.6 is 27.5 Å². The summed E-state index contributed by atoms with van der Waals surface area (Å²) in [5, 5.41) is 5.47. The molecule has 4 rings (SSSR count). The van der Waals surface area contributed by atoms with Crippen molar-refractivity contribution in [1.82, 2.24) is 5.32 Å². The van der Waals surface area contributed by atoms with Crippen molar-refractivity contribution in [2.75, 3.05) is 36.6 Å². The molecule has 1 aliphatic heterocycles. The number of halogens is 2. The first kappa shape index (κ1) is 33.3. The molecule has 11 nitrogen and oxygen atoms in total. The number of nitrogens with one attached hydrogen (secondary N) is 2. The van der Waals surface area contributed by atoms with E-state index < -0.39 is 23.8 Å². The van der Waals surface area contributed by atoms with E-state index in [1.54, 1.807) is 56.3 Å². The molecule has 3 aromatic rings. The minimum Gasteiger partial charge on any atom is -0.490 e. The van der Waals surface area contributed by atoms with Gasteiger partial charge in [-0.3, -0.25) is 19.7 Å². The number of ether oxygens (including phenoxy) is 4. The number of urea groups is 1. The van der Waals surface area contributed by atoms with Gasteiger partial charge in [0.2, 0.25) is 0 Å². The van der Waals surface area contributed by atoms with Gasteiger partial charge in [0.1, 0.15) is 5.57 Å². The van der Waals surface area contributed by atoms with Crippen LogP contribution in [0.15, 0.2) is 64.6 Å². The van der Waals surface area contributed by atoms with Gasteiger partial charge in [0.15, 0.2) is 29.6 Å². The van der Waals surface area contributed by atoms with E-state index in [1.165, 1.54) is 18.2 Å². The highest BCUT2D eigenvalue weighted by molar-refractivity contribution is 9.10. The molecular formula is C32H31BrClN3O8. The Morgan fingerprint density at radius 2 is 1.62 bits per heavy atom. The second-order valence-electron chi connectivity index (χ2n) is 9.48. The SMILES string of the molecule is CCCOc1ccc(N2C(=O)NC(=O)/C(=C\c3cc(Br)c(OCC(=O)Nc4ccc(Cl)cc4)c(OCC)c3)C2=O)cc1OCC. The maximum absolute atomic E-state index is 13.6. The Morgan fingerprint density at radius 1 is 0.911 bits per heavy atom. The molecule has 1 saturated heterocycles. The minimum atomic E-state index is -0.899. The molecule has 0 radical (unpaired) electrons. The average Bonchev–Trinajstić information content (AvgIpc) is 3.00. The van der Waals surface area contributed by atoms with Crippen molar-refractivity contribution in [1.29, 1.82) is 0 Å². The largest absolute Gasteiger partial charge is 0.490 e. The zero-order valence-electron chi connectivity index (χ0n) is 24.8. The van der Waals surface area contributed by atoms with Gasteiger partial charge in [0, 0.05) is 16.8 Å². The van der Waals surface area contributed by atoms with Gasteiger partial charge in [-0.2, -0.15) is 0 Å². The normalized spacial score (nSPS) is 13.8. The van der Waals surface area contributed by atoms with Crippen LogP contribution in [0.2, 0.25) is 5.02 Å². The Hall–Kier alpha value is -4.55. The molecule has 1 heterocycles. The monoisotopic (exact) mass is 699 g/mol. The molecule has 45 heavy (non-hydrogen) atoms. The molecule has 2 N–H and O–H groups in total. The molecule has 236 valence electrons. The smallest absolute Gasteiger partial charge is 0.335 e. The predicted octanol–water partition coefficient (Wildman–Crippen LogP) is 6.37. The van der Waals surface area contributed by atoms with Crippen LogP contribution < -0.4 is 34.5 Å². The lowest BCUT2D eigenvalue weighted by atomic mass is 10.1. The molecule has 0 atom stereocenters. The molecular weight excluding hydrogens is 670 g/mol. The van der Waals surface area contributed by atoms with Crippen molar-refractivity contribution >= 4 is 68.7 Å². The number of hydrogen-bond donors (Lipinski definition) is 2. The molecule has 0 aliphatic carbocycles. The van der Waals surface area contributed by atoms with E-state index in [-0.39, 0.29) is 36.0 Å². The highest BCUT2D eigenvalue weighted by Crippen LogP contribution is 2.38. The molecule has 5 amide bonds. The zero-order chi connectivity index (χ0) is 32.5. The van der Waals surface area contributed by atoms with Crippen molar-refractivity contribution in [3.63, 3.8) is 0 Å². The Balaban J connectivity index is 1.59. The molecule has 13 heteroatoms. The molecule has 3 aromatic carbocycles. The summed E-state index contributed by atoms with van der Waals surface area (Å²) in [6, 6.07) is 13.5. The fourth-order valence-corrected chi connectivity index (χ4v) is 4.94. The number of carbonyl (C=O) groups excluding carboxylic acids is 4. The van der Waals surface area contributed by atoms with Gasteiger partial charge in [0.25, 0.3) is 17.7 Å². The summed E-state index contributed by atoms with van der Waals surface area (Å²) < 4.78 is 23.3. The van der Waals surface area contributed by atoms with Gasteiger partial charge in [-0.1, -0.05) is 18.5 Å². The third-order valence-corrected chi connectivity index (χ3v) is 7.01. The average molecular weight is 701 g/mol. The molecule has 0 saturated carbocycles. The van der Waals surface area contributed by atoms with Crippen LogP contribution in [0.5, 0.6) is 23.0 Å². The van der Waals surface area contributed by atoms with E-state index in [9.17, 15) is 19.2 Å². The zero-order valence-corrected chi connectivity index (χ0v) is 27.1. The van der Waals surface area contributed by atoms with E-state index in [2.05, 4.69) is 26.6 Å². The topological polar surface area (TPSA) is 132 Å². The summed E-state index contributed by atoms with van der Waals surface area (Å²) >= 11 is 9.33. The predicted molar refractivity (Wildman–Crippen MR) is 173 cm³/mol. The van der Waals surface area contributed by atoms with E-state index in [1.807, 2.05) is 6.92 Å². The Kier molecular flexibility index (Phi) is 11.4. The van der Waals surface area contributed by atoms with Crippen LogP contribution in [0.4, 0.5) is 16.2 Å². The highest BCUT2D eigenvalue weighted by atomic mass is 79.9. The van der Waals surface area contributed by atoms with E-state index in [0.29, 0.717) is 45.5 Å². The van der Waals surface area contributed by atoms with E-state index in [4.69, 9.17) is 30.5 Å². The number of nitrogens with zero attached hydrogens (tertiary/aromatic N) is 1. The summed E-state index contributed by atoms with van der Waals surface area (Å²) in [7, 11) is 0. The van der Waals surface area contributed by atoms with Crippen molar-refractivity contribution in [3.8, 4) is 23.0 Å². The first-order chi connectivity index (χ1) is 21.6. The number of benzene rings is 3. The summed E-state index contributed by atoms with van der Waals surface area (Å²) in [4.78, 5) is 52.6. The Labute approximate surface area is 273 Å². The molecule has 0 aromatic heterocycles. The van der Waals surface area contributed by atoms with Gasteiger partial charge in [-0.05, 0) is 96.4 Å². The second-order valence-corrected chi connectivity index (χ2v) is 10.8. The number of rotatable bonds is 13. The van der Waals surface area contributed by atoms with Gasteiger partial charge < -0.3 is 24.3 Å². The van der Waals surface area contributed by atoms with Crippen LogP contribution in [-0.2, 0) is 14.4 Å². The van der Waals surface area contributed by atoms with Gasteiger partial charge in [0.05, 0.1) is 30.0 Å². The van der Waals surface area contributed by atoms with Crippen molar-refractivity contribution < 1.29 is 38.1 Å². The van der Waals surface area contributed by atoms with Gasteiger partial charge in [-0.15, -0.1) is 0 Å². The number of carbonyl (C=O) groups is 4. The fraction of sp³-hybridized carbons (Fsp3) is 0.250. The molecule has 1 fully saturated rings. The summed E-state index contributed by atoms with van der Waals surface area (Å²) in [6.07, 6.45) is 2.12. The number of imide groups is 2. The van der Waals surface area contributed by atoms with Crippen LogP contribution in [0.25, 0.3) is 6.08 Å². The third-order valence-electron chi connectivity index (χ3n) is 6.17. The number of amides is 5. The van der Waals surface area contributed by atoms with Gasteiger partial charge in [-0.25, -0.2) is 9.69 Å². The lowest BCUT2D eigenvalue weighted by Crippen LogP contribution is -2.54. The lowest BCUT2D eigenvalue weighted by molar-refractivity contribution is -0.122. The summed E-state index contributed by atoms with van der Waals surface area (Å²) in [5.74, 6) is -0.769. The Morgan fingerprint density at radius 3 is 2.31 bits per heavy atom. The number of hydrogen-bond acceptors (Lipinski definition) is 8. The van der Waals surface area contributed by atoms with E-state index >= 15 is 0 Å². The molecule has 0 spiro atoms. The number of barbiturate groups is 1. The van der Waals surface area contributed by atoms with Crippen molar-refractivity contribution in [2.24, 2.45) is 0 Å². The quantitative estimate of drug-likeness (QED) is 0.155. The van der Waals surface area contributed by atoms with E-state index in [0.717, 1.165) is 11.3 Å². The molecule has 1 aliphatic rings. The maximum Gasteiger partial charge on any atom is 0.335 e. The van der Waals surface area contributed by atoms with Crippen LogP contribution in [0, 0.1) is 0 Å². The molecule has 0 unspecified atom stereocenters.